The molecule has 3 heteroatoms. The summed E-state index contributed by atoms with van der Waals surface area (Å²) in [7, 11) is 0. The zero-order valence-corrected chi connectivity index (χ0v) is 18.7. The van der Waals surface area contributed by atoms with Gasteiger partial charge in [0, 0.05) is 24.0 Å². The molecule has 1 saturated carbocycles. The SMILES string of the molecule is C[C@H](CCCC(C)(C)O)[C@H]1CC[C@H]2C(C#CC3=C[C@H](O)C[C@@H](O)C3)=CCC[C@]12C. The first-order valence-electron chi connectivity index (χ1n) is 11.6. The maximum atomic E-state index is 10.0. The summed E-state index contributed by atoms with van der Waals surface area (Å²) in [4.78, 5) is 0. The lowest BCUT2D eigenvalue weighted by Gasteiger charge is -2.42. The van der Waals surface area contributed by atoms with Crippen molar-refractivity contribution >= 4 is 0 Å². The van der Waals surface area contributed by atoms with Gasteiger partial charge in [0.1, 0.15) is 0 Å². The van der Waals surface area contributed by atoms with Gasteiger partial charge in [0.15, 0.2) is 0 Å². The highest BCUT2D eigenvalue weighted by atomic mass is 16.3. The Morgan fingerprint density at radius 1 is 1.24 bits per heavy atom. The van der Waals surface area contributed by atoms with Gasteiger partial charge >= 0.3 is 0 Å². The van der Waals surface area contributed by atoms with E-state index >= 15 is 0 Å². The van der Waals surface area contributed by atoms with Crippen molar-refractivity contribution in [1.82, 2.24) is 0 Å². The Bertz CT molecular complexity index is 702. The van der Waals surface area contributed by atoms with Gasteiger partial charge in [-0.1, -0.05) is 44.6 Å². The summed E-state index contributed by atoms with van der Waals surface area (Å²) in [5.41, 5.74) is 1.90. The van der Waals surface area contributed by atoms with Gasteiger partial charge in [0.2, 0.25) is 0 Å². The van der Waals surface area contributed by atoms with E-state index in [2.05, 4.69) is 31.8 Å². The number of hydrogen-bond donors (Lipinski definition) is 3. The fourth-order valence-corrected chi connectivity index (χ4v) is 6.18. The monoisotopic (exact) mass is 400 g/mol. The number of allylic oxidation sites excluding steroid dienone is 2. The second kappa shape index (κ2) is 8.96. The minimum absolute atomic E-state index is 0.312. The van der Waals surface area contributed by atoms with Crippen molar-refractivity contribution < 1.29 is 15.3 Å². The van der Waals surface area contributed by atoms with Crippen LogP contribution in [0.2, 0.25) is 0 Å². The van der Waals surface area contributed by atoms with Crippen LogP contribution in [0.1, 0.15) is 85.5 Å². The Kier molecular flexibility index (Phi) is 6.99. The van der Waals surface area contributed by atoms with E-state index in [0.29, 0.717) is 30.1 Å². The zero-order valence-electron chi connectivity index (χ0n) is 18.7. The normalized spacial score (nSPS) is 35.8. The van der Waals surface area contributed by atoms with Crippen LogP contribution in [0.4, 0.5) is 0 Å². The largest absolute Gasteiger partial charge is 0.393 e. The van der Waals surface area contributed by atoms with Crippen molar-refractivity contribution in [2.75, 3.05) is 0 Å². The van der Waals surface area contributed by atoms with Gasteiger partial charge < -0.3 is 15.3 Å². The number of rotatable bonds is 5. The molecule has 29 heavy (non-hydrogen) atoms. The summed E-state index contributed by atoms with van der Waals surface area (Å²) in [5.74, 6) is 8.64. The lowest BCUT2D eigenvalue weighted by atomic mass is 9.62. The van der Waals surface area contributed by atoms with Gasteiger partial charge in [-0.05, 0) is 75.2 Å². The molecule has 0 saturated heterocycles. The lowest BCUT2D eigenvalue weighted by Crippen LogP contribution is -2.35. The maximum absolute atomic E-state index is 10.0. The highest BCUT2D eigenvalue weighted by Gasteiger charge is 2.50. The van der Waals surface area contributed by atoms with Crippen LogP contribution >= 0.6 is 0 Å². The number of hydrogen-bond acceptors (Lipinski definition) is 3. The van der Waals surface area contributed by atoms with Gasteiger partial charge in [-0.2, -0.15) is 0 Å². The fraction of sp³-hybridized carbons (Fsp3) is 0.769. The van der Waals surface area contributed by atoms with Crippen LogP contribution in [0.5, 0.6) is 0 Å². The van der Waals surface area contributed by atoms with Gasteiger partial charge in [0.25, 0.3) is 0 Å². The fourth-order valence-electron chi connectivity index (χ4n) is 6.18. The van der Waals surface area contributed by atoms with Crippen molar-refractivity contribution in [2.24, 2.45) is 23.2 Å². The topological polar surface area (TPSA) is 60.7 Å². The Morgan fingerprint density at radius 3 is 2.69 bits per heavy atom. The zero-order chi connectivity index (χ0) is 21.2. The van der Waals surface area contributed by atoms with Crippen molar-refractivity contribution in [3.8, 4) is 11.8 Å². The van der Waals surface area contributed by atoms with Crippen LogP contribution < -0.4 is 0 Å². The molecule has 0 radical (unpaired) electrons. The van der Waals surface area contributed by atoms with E-state index in [-0.39, 0.29) is 0 Å². The second-order valence-corrected chi connectivity index (χ2v) is 10.7. The second-order valence-electron chi connectivity index (χ2n) is 10.7. The Hall–Kier alpha value is -1.08. The maximum Gasteiger partial charge on any atom is 0.0757 e. The molecule has 0 aliphatic heterocycles. The molecule has 0 heterocycles. The van der Waals surface area contributed by atoms with Crippen LogP contribution in [0.3, 0.4) is 0 Å². The van der Waals surface area contributed by atoms with Gasteiger partial charge in [0.05, 0.1) is 17.8 Å². The summed E-state index contributed by atoms with van der Waals surface area (Å²) in [6, 6.07) is 0. The molecule has 3 rings (SSSR count). The van der Waals surface area contributed by atoms with E-state index in [4.69, 9.17) is 0 Å². The summed E-state index contributed by atoms with van der Waals surface area (Å²) >= 11 is 0. The molecule has 0 spiro atoms. The molecular formula is C26H40O3. The molecule has 0 aromatic carbocycles. The summed E-state index contributed by atoms with van der Waals surface area (Å²) in [6.07, 6.45) is 12.0. The van der Waals surface area contributed by atoms with Crippen LogP contribution in [-0.2, 0) is 0 Å². The number of aliphatic hydroxyl groups excluding tert-OH is 2. The average Bonchev–Trinajstić information content (AvgIpc) is 2.95. The molecule has 3 aliphatic carbocycles. The van der Waals surface area contributed by atoms with Gasteiger partial charge in [-0.25, -0.2) is 0 Å². The van der Waals surface area contributed by atoms with Crippen molar-refractivity contribution in [2.45, 2.75) is 103 Å². The summed E-state index contributed by atoms with van der Waals surface area (Å²) < 4.78 is 0. The third-order valence-electron chi connectivity index (χ3n) is 7.70. The van der Waals surface area contributed by atoms with Crippen LogP contribution in [0.15, 0.2) is 23.3 Å². The molecule has 0 bridgehead atoms. The first-order chi connectivity index (χ1) is 13.6. The first-order valence-corrected chi connectivity index (χ1v) is 11.6. The van der Waals surface area contributed by atoms with E-state index in [1.807, 2.05) is 19.9 Å². The van der Waals surface area contributed by atoms with Gasteiger partial charge in [-0.15, -0.1) is 0 Å². The quantitative estimate of drug-likeness (QED) is 0.583. The van der Waals surface area contributed by atoms with E-state index in [1.165, 1.54) is 31.3 Å². The van der Waals surface area contributed by atoms with E-state index in [1.54, 1.807) is 0 Å². The van der Waals surface area contributed by atoms with Crippen LogP contribution in [-0.4, -0.2) is 33.1 Å². The Labute approximate surface area is 177 Å². The van der Waals surface area contributed by atoms with Crippen LogP contribution in [0, 0.1) is 35.0 Å². The molecule has 3 N–H and O–H groups in total. The predicted molar refractivity (Wildman–Crippen MR) is 118 cm³/mol. The third-order valence-corrected chi connectivity index (χ3v) is 7.70. The Morgan fingerprint density at radius 2 is 2.00 bits per heavy atom. The van der Waals surface area contributed by atoms with Gasteiger partial charge in [-0.3, -0.25) is 0 Å². The molecular weight excluding hydrogens is 360 g/mol. The molecule has 0 aromatic rings. The molecule has 1 fully saturated rings. The minimum atomic E-state index is -0.575. The number of aliphatic hydroxyl groups is 3. The molecule has 6 atom stereocenters. The smallest absolute Gasteiger partial charge is 0.0757 e. The van der Waals surface area contributed by atoms with Crippen LogP contribution in [0.25, 0.3) is 0 Å². The highest BCUT2D eigenvalue weighted by molar-refractivity contribution is 5.42. The predicted octanol–water partition coefficient (Wildman–Crippen LogP) is 4.76. The minimum Gasteiger partial charge on any atom is -0.393 e. The first kappa shape index (κ1) is 22.6. The summed E-state index contributed by atoms with van der Waals surface area (Å²) in [5, 5.41) is 29.8. The average molecular weight is 401 g/mol. The van der Waals surface area contributed by atoms with Crippen molar-refractivity contribution in [3.05, 3.63) is 23.3 Å². The highest BCUT2D eigenvalue weighted by Crippen LogP contribution is 2.58. The molecule has 3 aliphatic rings. The summed E-state index contributed by atoms with van der Waals surface area (Å²) in [6.45, 7) is 8.69. The molecule has 0 amide bonds. The van der Waals surface area contributed by atoms with E-state index in [9.17, 15) is 15.3 Å². The lowest BCUT2D eigenvalue weighted by molar-refractivity contribution is 0.0614. The van der Waals surface area contributed by atoms with Crippen molar-refractivity contribution in [3.63, 3.8) is 0 Å². The molecule has 0 unspecified atom stereocenters. The molecule has 3 nitrogen and oxygen atoms in total. The van der Waals surface area contributed by atoms with E-state index in [0.717, 1.165) is 30.8 Å². The molecule has 0 aromatic heterocycles. The van der Waals surface area contributed by atoms with E-state index < -0.39 is 17.8 Å². The standard InChI is InChI=1S/C26H40O3/c1-18(7-5-13-25(2,3)29)23-11-12-24-20(8-6-14-26(23,24)4)10-9-19-15-21(27)17-22(28)16-19/h8,15,18,21-24,27-29H,5-7,11-14,16-17H2,1-4H3/t18-,21+,22+,23-,24+,26-/m1/s1. The number of fused-ring (bicyclic) bond motifs is 1. The third kappa shape index (κ3) is 5.54. The van der Waals surface area contributed by atoms with Crippen molar-refractivity contribution in [1.29, 1.82) is 0 Å². The molecule has 162 valence electrons. The Balaban J connectivity index is 1.67.